The molecule has 106 valence electrons. The predicted octanol–water partition coefficient (Wildman–Crippen LogP) is 3.75. The minimum atomic E-state index is -1.43. The molecule has 0 aromatic heterocycles. The second-order valence-corrected chi connectivity index (χ2v) is 7.38. The Bertz CT molecular complexity index is 511. The first-order valence-electron chi connectivity index (χ1n) is 6.26. The van der Waals surface area contributed by atoms with Gasteiger partial charge >= 0.3 is 0 Å². The van der Waals surface area contributed by atoms with Crippen LogP contribution in [0.5, 0.6) is 0 Å². The van der Waals surface area contributed by atoms with E-state index in [0.717, 1.165) is 11.1 Å². The van der Waals surface area contributed by atoms with Gasteiger partial charge in [-0.1, -0.05) is 31.2 Å². The molecular formula is C15H22FNOS. The van der Waals surface area contributed by atoms with Gasteiger partial charge in [0.2, 0.25) is 0 Å². The highest BCUT2D eigenvalue weighted by Crippen LogP contribution is 2.30. The van der Waals surface area contributed by atoms with E-state index < -0.39 is 15.7 Å². The van der Waals surface area contributed by atoms with E-state index in [1.165, 1.54) is 6.07 Å². The fourth-order valence-electron chi connectivity index (χ4n) is 2.12. The molecule has 2 atom stereocenters. The van der Waals surface area contributed by atoms with Crippen molar-refractivity contribution in [3.8, 4) is 0 Å². The van der Waals surface area contributed by atoms with Crippen molar-refractivity contribution in [3.05, 3.63) is 41.7 Å². The second-order valence-electron chi connectivity index (χ2n) is 5.68. The van der Waals surface area contributed by atoms with Crippen LogP contribution in [-0.2, 0) is 11.0 Å². The van der Waals surface area contributed by atoms with Gasteiger partial charge in [0.05, 0.1) is 15.7 Å². The third-order valence-corrected chi connectivity index (χ3v) is 4.62. The summed E-state index contributed by atoms with van der Waals surface area (Å²) in [5.74, 6) is -0.284. The van der Waals surface area contributed by atoms with Gasteiger partial charge in [0.1, 0.15) is 5.82 Å². The molecule has 1 aromatic carbocycles. The first kappa shape index (κ1) is 16.1. The topological polar surface area (TPSA) is 43.1 Å². The van der Waals surface area contributed by atoms with Crippen molar-refractivity contribution < 1.29 is 8.60 Å². The fraction of sp³-hybridized carbons (Fsp3) is 0.467. The Morgan fingerprint density at radius 1 is 1.53 bits per heavy atom. The SMILES string of the molecule is C=C(C)c1ccc([C@@H](C)CC(C)(C)S(N)=O)c(F)c1. The Morgan fingerprint density at radius 2 is 2.11 bits per heavy atom. The van der Waals surface area contributed by atoms with Crippen LogP contribution in [0.3, 0.4) is 0 Å². The van der Waals surface area contributed by atoms with Crippen molar-refractivity contribution in [2.75, 3.05) is 0 Å². The summed E-state index contributed by atoms with van der Waals surface area (Å²) in [5, 5.41) is 5.47. The zero-order valence-electron chi connectivity index (χ0n) is 12.0. The first-order chi connectivity index (χ1) is 8.65. The Kier molecular flexibility index (Phi) is 5.04. The molecule has 0 fully saturated rings. The molecule has 0 heterocycles. The lowest BCUT2D eigenvalue weighted by molar-refractivity contribution is 0.516. The third kappa shape index (κ3) is 3.98. The van der Waals surface area contributed by atoms with Crippen LogP contribution in [0.25, 0.3) is 5.57 Å². The van der Waals surface area contributed by atoms with E-state index in [-0.39, 0.29) is 11.7 Å². The number of hydrogen-bond donors (Lipinski definition) is 1. The third-order valence-electron chi connectivity index (χ3n) is 3.37. The molecule has 1 rings (SSSR count). The Morgan fingerprint density at radius 3 is 2.53 bits per heavy atom. The fourth-order valence-corrected chi connectivity index (χ4v) is 2.54. The summed E-state index contributed by atoms with van der Waals surface area (Å²) in [7, 11) is -1.43. The smallest absolute Gasteiger partial charge is 0.127 e. The molecule has 0 aliphatic heterocycles. The molecule has 2 N–H and O–H groups in total. The molecule has 4 heteroatoms. The normalized spacial score (nSPS) is 15.1. The average Bonchev–Trinajstić information content (AvgIpc) is 2.27. The number of halogens is 1. The summed E-state index contributed by atoms with van der Waals surface area (Å²) >= 11 is 0. The van der Waals surface area contributed by atoms with E-state index in [0.29, 0.717) is 12.0 Å². The van der Waals surface area contributed by atoms with Gasteiger partial charge in [-0.15, -0.1) is 0 Å². The quantitative estimate of drug-likeness (QED) is 0.878. The monoisotopic (exact) mass is 283 g/mol. The molecule has 0 saturated heterocycles. The van der Waals surface area contributed by atoms with E-state index in [1.807, 2.05) is 33.8 Å². The highest BCUT2D eigenvalue weighted by Gasteiger charge is 2.27. The summed E-state index contributed by atoms with van der Waals surface area (Å²) in [6, 6.07) is 5.14. The van der Waals surface area contributed by atoms with Crippen LogP contribution in [0.4, 0.5) is 4.39 Å². The molecule has 0 radical (unpaired) electrons. The number of allylic oxidation sites excluding steroid dienone is 1. The van der Waals surface area contributed by atoms with Crippen molar-refractivity contribution >= 4 is 16.6 Å². The Hall–Kier alpha value is -1.00. The van der Waals surface area contributed by atoms with Gasteiger partial charge in [-0.3, -0.25) is 5.14 Å². The number of benzene rings is 1. The van der Waals surface area contributed by atoms with E-state index in [2.05, 4.69) is 6.58 Å². The van der Waals surface area contributed by atoms with Crippen LogP contribution in [0, 0.1) is 5.82 Å². The lowest BCUT2D eigenvalue weighted by Gasteiger charge is -2.25. The standard InChI is InChI=1S/C15H22FNOS/c1-10(2)12-6-7-13(14(16)8-12)11(3)9-15(4,5)19(17)18/h6-8,11H,1,9,17H2,2-5H3/t11-,19?/m0/s1. The van der Waals surface area contributed by atoms with Crippen molar-refractivity contribution in [1.82, 2.24) is 0 Å². The molecule has 0 bridgehead atoms. The lowest BCUT2D eigenvalue weighted by Crippen LogP contribution is -2.33. The van der Waals surface area contributed by atoms with Gasteiger partial charge in [0, 0.05) is 0 Å². The number of nitrogens with two attached hydrogens (primary N) is 1. The molecular weight excluding hydrogens is 261 g/mol. The molecule has 1 aromatic rings. The highest BCUT2D eigenvalue weighted by atomic mass is 32.2. The van der Waals surface area contributed by atoms with E-state index in [9.17, 15) is 8.60 Å². The predicted molar refractivity (Wildman–Crippen MR) is 80.5 cm³/mol. The number of hydrogen-bond acceptors (Lipinski definition) is 1. The van der Waals surface area contributed by atoms with Crippen LogP contribution >= 0.6 is 0 Å². The highest BCUT2D eigenvalue weighted by molar-refractivity contribution is 7.84. The second kappa shape index (κ2) is 5.97. The van der Waals surface area contributed by atoms with Crippen molar-refractivity contribution in [2.45, 2.75) is 44.8 Å². The zero-order valence-corrected chi connectivity index (χ0v) is 12.8. The molecule has 2 nitrogen and oxygen atoms in total. The van der Waals surface area contributed by atoms with Gasteiger partial charge in [-0.05, 0) is 50.3 Å². The van der Waals surface area contributed by atoms with Gasteiger partial charge in [-0.2, -0.15) is 0 Å². The minimum Gasteiger partial charge on any atom is -0.251 e. The minimum absolute atomic E-state index is 0.0401. The van der Waals surface area contributed by atoms with Crippen LogP contribution in [0.1, 0.15) is 51.2 Å². The Balaban J connectivity index is 2.98. The zero-order chi connectivity index (χ0) is 14.8. The van der Waals surface area contributed by atoms with E-state index in [1.54, 1.807) is 6.07 Å². The maximum atomic E-state index is 14.1. The van der Waals surface area contributed by atoms with E-state index >= 15 is 0 Å². The van der Waals surface area contributed by atoms with E-state index in [4.69, 9.17) is 5.14 Å². The van der Waals surface area contributed by atoms with Crippen molar-refractivity contribution in [3.63, 3.8) is 0 Å². The lowest BCUT2D eigenvalue weighted by atomic mass is 9.90. The molecule has 1 unspecified atom stereocenters. The summed E-state index contributed by atoms with van der Waals surface area (Å²) < 4.78 is 25.0. The van der Waals surface area contributed by atoms with Crippen molar-refractivity contribution in [2.24, 2.45) is 5.14 Å². The average molecular weight is 283 g/mol. The summed E-state index contributed by atoms with van der Waals surface area (Å²) in [6.07, 6.45) is 0.569. The molecule has 0 aliphatic carbocycles. The van der Waals surface area contributed by atoms with Gasteiger partial charge < -0.3 is 0 Å². The molecule has 0 aliphatic rings. The van der Waals surface area contributed by atoms with Crippen molar-refractivity contribution in [1.29, 1.82) is 0 Å². The Labute approximate surface area is 117 Å². The first-order valence-corrected chi connectivity index (χ1v) is 7.48. The maximum absolute atomic E-state index is 14.1. The maximum Gasteiger partial charge on any atom is 0.127 e. The molecule has 0 spiro atoms. The van der Waals surface area contributed by atoms with Crippen LogP contribution in [0.2, 0.25) is 0 Å². The molecule has 0 saturated carbocycles. The summed E-state index contributed by atoms with van der Waals surface area (Å²) in [4.78, 5) is 0. The largest absolute Gasteiger partial charge is 0.251 e. The summed E-state index contributed by atoms with van der Waals surface area (Å²) in [5.41, 5.74) is 2.26. The van der Waals surface area contributed by atoms with Crippen LogP contribution < -0.4 is 5.14 Å². The van der Waals surface area contributed by atoms with Gasteiger partial charge in [0.15, 0.2) is 0 Å². The number of rotatable bonds is 5. The van der Waals surface area contributed by atoms with Gasteiger partial charge in [-0.25, -0.2) is 8.60 Å². The molecule has 19 heavy (non-hydrogen) atoms. The van der Waals surface area contributed by atoms with Gasteiger partial charge in [0.25, 0.3) is 0 Å². The van der Waals surface area contributed by atoms with Crippen LogP contribution in [0.15, 0.2) is 24.8 Å². The van der Waals surface area contributed by atoms with Crippen LogP contribution in [-0.4, -0.2) is 8.96 Å². The summed E-state index contributed by atoms with van der Waals surface area (Å²) in [6.45, 7) is 11.2. The molecule has 0 amide bonds.